The van der Waals surface area contributed by atoms with E-state index in [0.29, 0.717) is 30.2 Å². The van der Waals surface area contributed by atoms with Gasteiger partial charge in [0, 0.05) is 18.3 Å². The molecule has 2 atom stereocenters. The molecule has 0 amide bonds. The number of rotatable bonds is 7. The quantitative estimate of drug-likeness (QED) is 0.520. The molecule has 0 aliphatic heterocycles. The van der Waals surface area contributed by atoms with E-state index in [4.69, 9.17) is 4.42 Å². The minimum Gasteiger partial charge on any atom is -0.444 e. The molecule has 2 rings (SSSR count). The van der Waals surface area contributed by atoms with Crippen LogP contribution in [-0.4, -0.2) is 45.7 Å². The Kier molecular flexibility index (Phi) is 6.35. The van der Waals surface area contributed by atoms with Gasteiger partial charge in [-0.2, -0.15) is 11.8 Å². The van der Waals surface area contributed by atoms with E-state index < -0.39 is 5.60 Å². The third-order valence-electron chi connectivity index (χ3n) is 4.16. The minimum absolute atomic E-state index is 0.319. The van der Waals surface area contributed by atoms with Gasteiger partial charge in [-0.3, -0.25) is 0 Å². The summed E-state index contributed by atoms with van der Waals surface area (Å²) >= 11 is 1.83. The monoisotopic (exact) mass is 340 g/mol. The summed E-state index contributed by atoms with van der Waals surface area (Å²) in [6.07, 6.45) is 1.93. The van der Waals surface area contributed by atoms with Crippen LogP contribution < -0.4 is 10.6 Å². The van der Waals surface area contributed by atoms with Gasteiger partial charge < -0.3 is 20.2 Å². The van der Waals surface area contributed by atoms with E-state index in [9.17, 15) is 5.11 Å². The first kappa shape index (κ1) is 18.1. The largest absolute Gasteiger partial charge is 0.444 e. The predicted octanol–water partition coefficient (Wildman–Crippen LogP) is 1.99. The smallest absolute Gasteiger partial charge is 0.216 e. The Bertz CT molecular complexity index is 527. The average molecular weight is 340 g/mol. The van der Waals surface area contributed by atoms with Crippen LogP contribution in [0, 0.1) is 13.8 Å². The van der Waals surface area contributed by atoms with Crippen molar-refractivity contribution in [3.05, 3.63) is 17.3 Å². The van der Waals surface area contributed by atoms with Gasteiger partial charge in [-0.25, -0.2) is 9.98 Å². The molecule has 130 valence electrons. The van der Waals surface area contributed by atoms with E-state index in [1.54, 1.807) is 0 Å². The number of aliphatic hydroxyl groups is 1. The second kappa shape index (κ2) is 8.06. The van der Waals surface area contributed by atoms with Gasteiger partial charge >= 0.3 is 0 Å². The van der Waals surface area contributed by atoms with Gasteiger partial charge in [-0.15, -0.1) is 0 Å². The Morgan fingerprint density at radius 3 is 2.74 bits per heavy atom. The molecular formula is C16H28N4O2S. The van der Waals surface area contributed by atoms with Crippen molar-refractivity contribution in [1.29, 1.82) is 0 Å². The molecule has 0 bridgehead atoms. The van der Waals surface area contributed by atoms with Crippen LogP contribution in [0.3, 0.4) is 0 Å². The molecule has 1 aromatic rings. The summed E-state index contributed by atoms with van der Waals surface area (Å²) in [6.45, 7) is 9.63. The molecule has 1 aromatic heterocycles. The molecular weight excluding hydrogens is 312 g/mol. The van der Waals surface area contributed by atoms with Gasteiger partial charge in [-0.05, 0) is 39.4 Å². The molecule has 0 saturated heterocycles. The van der Waals surface area contributed by atoms with Crippen LogP contribution in [-0.2, 0) is 6.54 Å². The maximum atomic E-state index is 10.6. The van der Waals surface area contributed by atoms with Crippen LogP contribution >= 0.6 is 11.8 Å². The van der Waals surface area contributed by atoms with Crippen molar-refractivity contribution < 1.29 is 9.52 Å². The molecule has 1 heterocycles. The number of aromatic nitrogens is 1. The number of aliphatic imine (C=N–C) groups is 1. The summed E-state index contributed by atoms with van der Waals surface area (Å²) in [7, 11) is 0. The number of nitrogens with zero attached hydrogens (tertiary/aromatic N) is 2. The lowest BCUT2D eigenvalue weighted by molar-refractivity contribution is -0.0198. The predicted molar refractivity (Wildman–Crippen MR) is 94.9 cm³/mol. The van der Waals surface area contributed by atoms with E-state index in [0.717, 1.165) is 36.6 Å². The maximum Gasteiger partial charge on any atom is 0.216 e. The van der Waals surface area contributed by atoms with Gasteiger partial charge in [0.2, 0.25) is 5.89 Å². The SMILES string of the molecule is CCNC(=NCc1nc(C)c(C)o1)NCC1(O)CCC1SCC. The zero-order valence-corrected chi connectivity index (χ0v) is 15.3. The van der Waals surface area contributed by atoms with E-state index in [1.807, 2.05) is 32.5 Å². The first-order chi connectivity index (χ1) is 11.0. The number of nitrogens with one attached hydrogen (secondary N) is 2. The fourth-order valence-electron chi connectivity index (χ4n) is 2.57. The first-order valence-electron chi connectivity index (χ1n) is 8.27. The molecule has 7 heteroatoms. The maximum absolute atomic E-state index is 10.6. The standard InChI is InChI=1S/C16H28N4O2S/c1-5-17-15(18-9-14-20-11(3)12(4)22-14)19-10-16(21)8-7-13(16)23-6-2/h13,21H,5-10H2,1-4H3,(H2,17,18,19). The van der Waals surface area contributed by atoms with Crippen LogP contribution in [0.4, 0.5) is 0 Å². The topological polar surface area (TPSA) is 82.7 Å². The van der Waals surface area contributed by atoms with E-state index in [1.165, 1.54) is 0 Å². The summed E-state index contributed by atoms with van der Waals surface area (Å²) in [4.78, 5) is 8.82. The third-order valence-corrected chi connectivity index (χ3v) is 5.57. The Morgan fingerprint density at radius 1 is 1.43 bits per heavy atom. The third kappa shape index (κ3) is 4.64. The van der Waals surface area contributed by atoms with Crippen LogP contribution in [0.15, 0.2) is 9.41 Å². The van der Waals surface area contributed by atoms with Gasteiger partial charge in [0.25, 0.3) is 0 Å². The molecule has 23 heavy (non-hydrogen) atoms. The van der Waals surface area contributed by atoms with Gasteiger partial charge in [-0.1, -0.05) is 6.92 Å². The highest BCUT2D eigenvalue weighted by atomic mass is 32.2. The molecule has 0 radical (unpaired) electrons. The lowest BCUT2D eigenvalue weighted by atomic mass is 9.79. The zero-order chi connectivity index (χ0) is 16.9. The number of hydrogen-bond acceptors (Lipinski definition) is 5. The lowest BCUT2D eigenvalue weighted by Gasteiger charge is -2.45. The number of guanidine groups is 1. The number of aryl methyl sites for hydroxylation is 2. The van der Waals surface area contributed by atoms with Gasteiger partial charge in [0.1, 0.15) is 12.3 Å². The van der Waals surface area contributed by atoms with Crippen molar-refractivity contribution in [2.24, 2.45) is 4.99 Å². The van der Waals surface area contributed by atoms with Gasteiger partial charge in [0.15, 0.2) is 5.96 Å². The highest BCUT2D eigenvalue weighted by molar-refractivity contribution is 8.00. The molecule has 0 aromatic carbocycles. The van der Waals surface area contributed by atoms with Crippen molar-refractivity contribution in [2.75, 3.05) is 18.8 Å². The highest BCUT2D eigenvalue weighted by Crippen LogP contribution is 2.40. The molecule has 2 unspecified atom stereocenters. The minimum atomic E-state index is -0.632. The fourth-order valence-corrected chi connectivity index (χ4v) is 3.77. The zero-order valence-electron chi connectivity index (χ0n) is 14.5. The van der Waals surface area contributed by atoms with E-state index in [2.05, 4.69) is 27.5 Å². The van der Waals surface area contributed by atoms with Crippen molar-refractivity contribution in [3.8, 4) is 0 Å². The first-order valence-corrected chi connectivity index (χ1v) is 9.32. The van der Waals surface area contributed by atoms with E-state index in [-0.39, 0.29) is 0 Å². The second-order valence-electron chi connectivity index (χ2n) is 5.88. The molecule has 1 aliphatic rings. The van der Waals surface area contributed by atoms with Crippen molar-refractivity contribution in [2.45, 2.75) is 57.9 Å². The molecule has 0 spiro atoms. The van der Waals surface area contributed by atoms with Crippen LogP contribution in [0.2, 0.25) is 0 Å². The van der Waals surface area contributed by atoms with Crippen molar-refractivity contribution in [1.82, 2.24) is 15.6 Å². The fraction of sp³-hybridized carbons (Fsp3) is 0.750. The number of hydrogen-bond donors (Lipinski definition) is 3. The lowest BCUT2D eigenvalue weighted by Crippen LogP contribution is -2.58. The van der Waals surface area contributed by atoms with Gasteiger partial charge in [0.05, 0.1) is 11.3 Å². The summed E-state index contributed by atoms with van der Waals surface area (Å²) in [5.41, 5.74) is 0.267. The molecule has 3 N–H and O–H groups in total. The summed E-state index contributed by atoms with van der Waals surface area (Å²) in [6, 6.07) is 0. The van der Waals surface area contributed by atoms with Crippen molar-refractivity contribution in [3.63, 3.8) is 0 Å². The van der Waals surface area contributed by atoms with Crippen LogP contribution in [0.5, 0.6) is 0 Å². The summed E-state index contributed by atoms with van der Waals surface area (Å²) < 4.78 is 5.54. The summed E-state index contributed by atoms with van der Waals surface area (Å²) in [5.74, 6) is 3.15. The summed E-state index contributed by atoms with van der Waals surface area (Å²) in [5, 5.41) is 17.4. The second-order valence-corrected chi connectivity index (χ2v) is 7.36. The Morgan fingerprint density at radius 2 is 2.22 bits per heavy atom. The highest BCUT2D eigenvalue weighted by Gasteiger charge is 2.45. The molecule has 1 saturated carbocycles. The van der Waals surface area contributed by atoms with Crippen LogP contribution in [0.1, 0.15) is 44.0 Å². The molecule has 6 nitrogen and oxygen atoms in total. The Hall–Kier alpha value is -1.21. The van der Waals surface area contributed by atoms with Crippen molar-refractivity contribution >= 4 is 17.7 Å². The normalized spacial score (nSPS) is 24.4. The Labute approximate surface area is 142 Å². The Balaban J connectivity index is 1.91. The molecule has 1 aliphatic carbocycles. The average Bonchev–Trinajstić information content (AvgIpc) is 2.84. The molecule has 1 fully saturated rings. The van der Waals surface area contributed by atoms with E-state index >= 15 is 0 Å². The number of oxazole rings is 1. The van der Waals surface area contributed by atoms with Crippen LogP contribution in [0.25, 0.3) is 0 Å². The number of thioether (sulfide) groups is 1.